The van der Waals surface area contributed by atoms with Gasteiger partial charge in [0.15, 0.2) is 11.5 Å². The third-order valence-electron chi connectivity index (χ3n) is 3.27. The van der Waals surface area contributed by atoms with Crippen LogP contribution in [-0.2, 0) is 11.2 Å². The summed E-state index contributed by atoms with van der Waals surface area (Å²) in [6, 6.07) is 7.19. The van der Waals surface area contributed by atoms with Gasteiger partial charge >= 0.3 is 5.97 Å². The van der Waals surface area contributed by atoms with Gasteiger partial charge in [0.2, 0.25) is 0 Å². The highest BCUT2D eigenvalue weighted by Crippen LogP contribution is 2.37. The average Bonchev–Trinajstić information content (AvgIpc) is 2.98. The summed E-state index contributed by atoms with van der Waals surface area (Å²) in [5.74, 6) is 1.63. The SMILES string of the molecule is COc1ccc2c(c1OC)C(=O)O/C(=C\c1ccco1)C2. The highest BCUT2D eigenvalue weighted by molar-refractivity contribution is 5.97. The molecule has 3 rings (SSSR count). The Hall–Kier alpha value is -2.69. The fraction of sp³-hybridized carbons (Fsp3) is 0.188. The molecule has 2 heterocycles. The van der Waals surface area contributed by atoms with Crippen LogP contribution in [0.1, 0.15) is 21.7 Å². The molecule has 1 aliphatic heterocycles. The Bertz CT molecular complexity index is 698. The number of furan rings is 1. The van der Waals surface area contributed by atoms with E-state index in [9.17, 15) is 4.79 Å². The van der Waals surface area contributed by atoms with E-state index < -0.39 is 5.97 Å². The molecule has 0 atom stereocenters. The normalized spacial score (nSPS) is 15.5. The summed E-state index contributed by atoms with van der Waals surface area (Å²) < 4.78 is 21.1. The van der Waals surface area contributed by atoms with Gasteiger partial charge < -0.3 is 18.6 Å². The number of methoxy groups -OCH3 is 2. The van der Waals surface area contributed by atoms with Crippen molar-refractivity contribution >= 4 is 12.0 Å². The van der Waals surface area contributed by atoms with E-state index in [-0.39, 0.29) is 0 Å². The highest BCUT2D eigenvalue weighted by atomic mass is 16.5. The van der Waals surface area contributed by atoms with Crippen molar-refractivity contribution in [3.8, 4) is 11.5 Å². The zero-order valence-electron chi connectivity index (χ0n) is 11.7. The molecule has 1 aromatic heterocycles. The highest BCUT2D eigenvalue weighted by Gasteiger charge is 2.28. The standard InChI is InChI=1S/C16H14O5/c1-18-13-6-5-10-8-12(9-11-4-3-7-20-11)21-16(17)14(10)15(13)19-2/h3-7,9H,8H2,1-2H3/b12-9-. The van der Waals surface area contributed by atoms with E-state index in [2.05, 4.69) is 0 Å². The fourth-order valence-electron chi connectivity index (χ4n) is 2.35. The van der Waals surface area contributed by atoms with Crippen LogP contribution in [-0.4, -0.2) is 20.2 Å². The number of benzene rings is 1. The first-order valence-corrected chi connectivity index (χ1v) is 6.43. The molecular formula is C16H14O5. The van der Waals surface area contributed by atoms with Crippen LogP contribution in [0.2, 0.25) is 0 Å². The predicted octanol–water partition coefficient (Wildman–Crippen LogP) is 3.05. The van der Waals surface area contributed by atoms with Crippen molar-refractivity contribution in [2.45, 2.75) is 6.42 Å². The van der Waals surface area contributed by atoms with Crippen LogP contribution in [0, 0.1) is 0 Å². The summed E-state index contributed by atoms with van der Waals surface area (Å²) in [6.45, 7) is 0. The zero-order valence-corrected chi connectivity index (χ0v) is 11.7. The number of carbonyl (C=O) groups excluding carboxylic acids is 1. The number of carbonyl (C=O) groups is 1. The average molecular weight is 286 g/mol. The second-order valence-electron chi connectivity index (χ2n) is 4.53. The lowest BCUT2D eigenvalue weighted by molar-refractivity contribution is 0.0597. The summed E-state index contributed by atoms with van der Waals surface area (Å²) in [5, 5.41) is 0. The number of cyclic esters (lactones) is 1. The van der Waals surface area contributed by atoms with Crippen molar-refractivity contribution in [2.24, 2.45) is 0 Å². The number of ether oxygens (including phenoxy) is 3. The van der Waals surface area contributed by atoms with Gasteiger partial charge in [-0.05, 0) is 23.8 Å². The van der Waals surface area contributed by atoms with Crippen molar-refractivity contribution in [3.63, 3.8) is 0 Å². The maximum Gasteiger partial charge on any atom is 0.347 e. The molecule has 108 valence electrons. The molecule has 1 aromatic carbocycles. The van der Waals surface area contributed by atoms with Gasteiger partial charge in [-0.15, -0.1) is 0 Å². The first-order chi connectivity index (χ1) is 10.2. The minimum atomic E-state index is -0.454. The van der Waals surface area contributed by atoms with E-state index in [4.69, 9.17) is 18.6 Å². The van der Waals surface area contributed by atoms with Crippen LogP contribution >= 0.6 is 0 Å². The number of allylic oxidation sites excluding steroid dienone is 1. The van der Waals surface area contributed by atoms with Crippen LogP contribution in [0.25, 0.3) is 6.08 Å². The van der Waals surface area contributed by atoms with Gasteiger partial charge in [-0.2, -0.15) is 0 Å². The van der Waals surface area contributed by atoms with Crippen LogP contribution in [0.15, 0.2) is 40.7 Å². The summed E-state index contributed by atoms with van der Waals surface area (Å²) in [6.07, 6.45) is 3.76. The number of hydrogen-bond acceptors (Lipinski definition) is 5. The maximum atomic E-state index is 12.2. The topological polar surface area (TPSA) is 57.9 Å². The number of fused-ring (bicyclic) bond motifs is 1. The lowest BCUT2D eigenvalue weighted by Crippen LogP contribution is -2.17. The van der Waals surface area contributed by atoms with Crippen molar-refractivity contribution in [2.75, 3.05) is 14.2 Å². The van der Waals surface area contributed by atoms with E-state index >= 15 is 0 Å². The van der Waals surface area contributed by atoms with Crippen molar-refractivity contribution < 1.29 is 23.4 Å². The van der Waals surface area contributed by atoms with Crippen LogP contribution in [0.5, 0.6) is 11.5 Å². The predicted molar refractivity (Wildman–Crippen MR) is 75.4 cm³/mol. The summed E-state index contributed by atoms with van der Waals surface area (Å²) in [7, 11) is 3.03. The lowest BCUT2D eigenvalue weighted by Gasteiger charge is -2.21. The molecule has 0 radical (unpaired) electrons. The third kappa shape index (κ3) is 2.38. The molecule has 2 aromatic rings. The first kappa shape index (κ1) is 13.3. The van der Waals surface area contributed by atoms with Crippen LogP contribution < -0.4 is 9.47 Å². The first-order valence-electron chi connectivity index (χ1n) is 6.43. The largest absolute Gasteiger partial charge is 0.493 e. The molecule has 0 unspecified atom stereocenters. The summed E-state index contributed by atoms with van der Waals surface area (Å²) >= 11 is 0. The molecule has 5 nitrogen and oxygen atoms in total. The Labute approximate surface area is 121 Å². The van der Waals surface area contributed by atoms with Crippen molar-refractivity contribution in [1.29, 1.82) is 0 Å². The minimum absolute atomic E-state index is 0.400. The molecule has 21 heavy (non-hydrogen) atoms. The Morgan fingerprint density at radius 1 is 1.19 bits per heavy atom. The molecular weight excluding hydrogens is 272 g/mol. The molecule has 0 N–H and O–H groups in total. The van der Waals surface area contributed by atoms with Gasteiger partial charge in [0.05, 0.1) is 20.5 Å². The Balaban J connectivity index is 2.02. The summed E-state index contributed by atoms with van der Waals surface area (Å²) in [5.41, 5.74) is 1.25. The molecule has 5 heteroatoms. The number of hydrogen-bond donors (Lipinski definition) is 0. The van der Waals surface area contributed by atoms with Crippen molar-refractivity contribution in [1.82, 2.24) is 0 Å². The quantitative estimate of drug-likeness (QED) is 0.812. The maximum absolute atomic E-state index is 12.2. The second-order valence-corrected chi connectivity index (χ2v) is 4.53. The molecule has 0 saturated heterocycles. The number of esters is 1. The molecule has 0 bridgehead atoms. The van der Waals surface area contributed by atoms with E-state index in [1.165, 1.54) is 14.2 Å². The molecule has 0 amide bonds. The smallest absolute Gasteiger partial charge is 0.347 e. The molecule has 1 aliphatic rings. The van der Waals surface area contributed by atoms with Gasteiger partial charge in [-0.25, -0.2) is 4.79 Å². The number of rotatable bonds is 3. The second kappa shape index (κ2) is 5.36. The molecule has 0 aliphatic carbocycles. The van der Waals surface area contributed by atoms with Gasteiger partial charge in [-0.1, -0.05) is 6.07 Å². The fourth-order valence-corrected chi connectivity index (χ4v) is 2.35. The van der Waals surface area contributed by atoms with Gasteiger partial charge in [0, 0.05) is 12.5 Å². The molecule has 0 fully saturated rings. The van der Waals surface area contributed by atoms with Gasteiger partial charge in [0.25, 0.3) is 0 Å². The van der Waals surface area contributed by atoms with E-state index in [1.807, 2.05) is 6.07 Å². The van der Waals surface area contributed by atoms with Crippen LogP contribution in [0.4, 0.5) is 0 Å². The van der Waals surface area contributed by atoms with Gasteiger partial charge in [-0.3, -0.25) is 0 Å². The van der Waals surface area contributed by atoms with Crippen LogP contribution in [0.3, 0.4) is 0 Å². The monoisotopic (exact) mass is 286 g/mol. The van der Waals surface area contributed by atoms with E-state index in [0.717, 1.165) is 5.56 Å². The Morgan fingerprint density at radius 2 is 2.05 bits per heavy atom. The Kier molecular flexibility index (Phi) is 3.39. The molecule has 0 spiro atoms. The molecule has 0 saturated carbocycles. The summed E-state index contributed by atoms with van der Waals surface area (Å²) in [4.78, 5) is 12.2. The minimum Gasteiger partial charge on any atom is -0.493 e. The van der Waals surface area contributed by atoms with Gasteiger partial charge in [0.1, 0.15) is 17.1 Å². The third-order valence-corrected chi connectivity index (χ3v) is 3.27. The lowest BCUT2D eigenvalue weighted by atomic mass is 9.99. The zero-order chi connectivity index (χ0) is 14.8. The Morgan fingerprint density at radius 3 is 2.71 bits per heavy atom. The van der Waals surface area contributed by atoms with E-state index in [0.29, 0.717) is 35.0 Å². The van der Waals surface area contributed by atoms with E-state index in [1.54, 1.807) is 30.5 Å². The van der Waals surface area contributed by atoms with Crippen molar-refractivity contribution in [3.05, 3.63) is 53.2 Å².